The molecule has 1 heteroatoms. The van der Waals surface area contributed by atoms with E-state index >= 15 is 0 Å². The number of nitrogens with zero attached hydrogens (tertiary/aromatic N) is 1. The van der Waals surface area contributed by atoms with Crippen LogP contribution in [0.4, 0.5) is 17.1 Å². The summed E-state index contributed by atoms with van der Waals surface area (Å²) in [5.74, 6) is 0. The summed E-state index contributed by atoms with van der Waals surface area (Å²) in [5.41, 5.74) is 12.8. The SMILES string of the molecule is c1ccc(-c2ccc(-c3ccc4ccccc4c3)cc2N(c2ccc(-c3cc4ccccc4c4ccccc34)cc2)c2cccc(-c3cccc4ccccc34)c2)cc1. The third kappa shape index (κ3) is 6.30. The summed E-state index contributed by atoms with van der Waals surface area (Å²) in [6.45, 7) is 0. The van der Waals surface area contributed by atoms with Crippen molar-refractivity contribution in [3.63, 3.8) is 0 Å². The van der Waals surface area contributed by atoms with Crippen molar-refractivity contribution in [1.29, 1.82) is 0 Å². The van der Waals surface area contributed by atoms with E-state index in [1.165, 1.54) is 82.0 Å². The highest BCUT2D eigenvalue weighted by Crippen LogP contribution is 2.45. The Hall–Kier alpha value is -7.74. The van der Waals surface area contributed by atoms with Crippen molar-refractivity contribution in [2.75, 3.05) is 4.90 Å². The molecular weight excluding hydrogens is 711 g/mol. The van der Waals surface area contributed by atoms with Gasteiger partial charge in [0, 0.05) is 16.9 Å². The van der Waals surface area contributed by atoms with E-state index in [1.807, 2.05) is 0 Å². The second-order valence-electron chi connectivity index (χ2n) is 15.3. The van der Waals surface area contributed by atoms with Gasteiger partial charge in [0.2, 0.25) is 0 Å². The lowest BCUT2D eigenvalue weighted by Crippen LogP contribution is -2.11. The molecule has 0 spiro atoms. The molecule has 0 atom stereocenters. The molecular formula is C58H39N. The van der Waals surface area contributed by atoms with Crippen LogP contribution in [0.2, 0.25) is 0 Å². The lowest BCUT2D eigenvalue weighted by atomic mass is 9.93. The molecule has 0 N–H and O–H groups in total. The van der Waals surface area contributed by atoms with Gasteiger partial charge in [-0.2, -0.15) is 0 Å². The summed E-state index contributed by atoms with van der Waals surface area (Å²) in [4.78, 5) is 2.45. The van der Waals surface area contributed by atoms with E-state index < -0.39 is 0 Å². The fourth-order valence-corrected chi connectivity index (χ4v) is 8.93. The summed E-state index contributed by atoms with van der Waals surface area (Å²) < 4.78 is 0. The van der Waals surface area contributed by atoms with Gasteiger partial charge in [0.25, 0.3) is 0 Å². The lowest BCUT2D eigenvalue weighted by Gasteiger charge is -2.29. The number of anilines is 3. The standard InChI is InChI=1S/C58H39N/c1-2-15-42(16-3-1)54-35-32-46(45-29-28-40-14-4-5-18-44(40)36-45)39-58(54)59(50-22-12-21-47(37-50)52-27-13-20-41-17-6-8-23-51(41)52)49-33-30-43(31-34-49)57-38-48-19-7-9-24-53(48)55-25-10-11-26-56(55)57/h1-39H. The topological polar surface area (TPSA) is 3.24 Å². The molecule has 0 bridgehead atoms. The van der Waals surface area contributed by atoms with Gasteiger partial charge in [0.05, 0.1) is 5.69 Å². The molecule has 0 saturated heterocycles. The van der Waals surface area contributed by atoms with Crippen LogP contribution in [0.1, 0.15) is 0 Å². The average Bonchev–Trinajstić information content (AvgIpc) is 3.31. The highest BCUT2D eigenvalue weighted by atomic mass is 15.1. The van der Waals surface area contributed by atoms with E-state index in [0.717, 1.165) is 22.6 Å². The first-order valence-electron chi connectivity index (χ1n) is 20.3. The van der Waals surface area contributed by atoms with Crippen molar-refractivity contribution >= 4 is 60.2 Å². The summed E-state index contributed by atoms with van der Waals surface area (Å²) in [5, 5.41) is 10.0. The maximum atomic E-state index is 2.45. The predicted molar refractivity (Wildman–Crippen MR) is 253 cm³/mol. The van der Waals surface area contributed by atoms with Gasteiger partial charge in [-0.1, -0.05) is 194 Å². The van der Waals surface area contributed by atoms with Gasteiger partial charge in [-0.05, 0) is 124 Å². The summed E-state index contributed by atoms with van der Waals surface area (Å²) in [6.07, 6.45) is 0. The summed E-state index contributed by atoms with van der Waals surface area (Å²) in [7, 11) is 0. The molecule has 11 aromatic carbocycles. The number of hydrogen-bond donors (Lipinski definition) is 0. The number of fused-ring (bicyclic) bond motifs is 5. The van der Waals surface area contributed by atoms with Crippen LogP contribution in [0.15, 0.2) is 237 Å². The minimum atomic E-state index is 1.08. The molecule has 0 saturated carbocycles. The molecule has 11 aromatic rings. The van der Waals surface area contributed by atoms with Crippen LogP contribution < -0.4 is 4.90 Å². The maximum absolute atomic E-state index is 2.45. The van der Waals surface area contributed by atoms with Crippen LogP contribution in [0, 0.1) is 0 Å². The Balaban J connectivity index is 1.13. The molecule has 0 unspecified atom stereocenters. The third-order valence-corrected chi connectivity index (χ3v) is 11.8. The monoisotopic (exact) mass is 749 g/mol. The van der Waals surface area contributed by atoms with Crippen molar-refractivity contribution < 1.29 is 0 Å². The first kappa shape index (κ1) is 34.5. The molecule has 276 valence electrons. The quantitative estimate of drug-likeness (QED) is 0.147. The van der Waals surface area contributed by atoms with Crippen LogP contribution in [0.25, 0.3) is 87.6 Å². The molecule has 0 aliphatic rings. The Kier molecular flexibility index (Phi) is 8.56. The third-order valence-electron chi connectivity index (χ3n) is 11.8. The normalized spacial score (nSPS) is 11.4. The number of hydrogen-bond acceptors (Lipinski definition) is 1. The van der Waals surface area contributed by atoms with Crippen molar-refractivity contribution in [2.45, 2.75) is 0 Å². The van der Waals surface area contributed by atoms with Gasteiger partial charge in [-0.25, -0.2) is 0 Å². The number of benzene rings is 11. The second kappa shape index (κ2) is 14.6. The Morgan fingerprint density at radius 2 is 0.797 bits per heavy atom. The van der Waals surface area contributed by atoms with E-state index in [9.17, 15) is 0 Å². The fourth-order valence-electron chi connectivity index (χ4n) is 8.93. The van der Waals surface area contributed by atoms with Crippen LogP contribution >= 0.6 is 0 Å². The first-order valence-corrected chi connectivity index (χ1v) is 20.3. The second-order valence-corrected chi connectivity index (χ2v) is 15.3. The lowest BCUT2D eigenvalue weighted by molar-refractivity contribution is 1.28. The van der Waals surface area contributed by atoms with E-state index in [-0.39, 0.29) is 0 Å². The Morgan fingerprint density at radius 3 is 1.63 bits per heavy atom. The maximum Gasteiger partial charge on any atom is 0.0546 e. The highest BCUT2D eigenvalue weighted by molar-refractivity contribution is 6.14. The molecule has 0 aliphatic heterocycles. The Bertz CT molecular complexity index is 3320. The van der Waals surface area contributed by atoms with E-state index in [4.69, 9.17) is 0 Å². The van der Waals surface area contributed by atoms with Gasteiger partial charge < -0.3 is 4.90 Å². The average molecular weight is 750 g/mol. The van der Waals surface area contributed by atoms with Gasteiger partial charge in [0.15, 0.2) is 0 Å². The molecule has 0 radical (unpaired) electrons. The molecule has 0 amide bonds. The molecule has 1 nitrogen and oxygen atoms in total. The summed E-state index contributed by atoms with van der Waals surface area (Å²) >= 11 is 0. The van der Waals surface area contributed by atoms with Crippen LogP contribution in [0.5, 0.6) is 0 Å². The zero-order valence-electron chi connectivity index (χ0n) is 32.5. The van der Waals surface area contributed by atoms with Crippen molar-refractivity contribution in [2.24, 2.45) is 0 Å². The van der Waals surface area contributed by atoms with Gasteiger partial charge in [-0.15, -0.1) is 0 Å². The fraction of sp³-hybridized carbons (Fsp3) is 0. The zero-order valence-corrected chi connectivity index (χ0v) is 32.5. The molecule has 0 aromatic heterocycles. The minimum Gasteiger partial charge on any atom is -0.310 e. The predicted octanol–water partition coefficient (Wildman–Crippen LogP) is 16.4. The minimum absolute atomic E-state index is 1.08. The van der Waals surface area contributed by atoms with Gasteiger partial charge in [0.1, 0.15) is 0 Å². The van der Waals surface area contributed by atoms with Crippen LogP contribution in [0.3, 0.4) is 0 Å². The Labute approximate surface area is 344 Å². The first-order chi connectivity index (χ1) is 29.2. The summed E-state index contributed by atoms with van der Waals surface area (Å²) in [6, 6.07) is 86.4. The van der Waals surface area contributed by atoms with Crippen molar-refractivity contribution in [3.05, 3.63) is 237 Å². The van der Waals surface area contributed by atoms with E-state index in [1.54, 1.807) is 0 Å². The molecule has 0 heterocycles. The molecule has 0 aliphatic carbocycles. The molecule has 59 heavy (non-hydrogen) atoms. The van der Waals surface area contributed by atoms with Crippen molar-refractivity contribution in [1.82, 2.24) is 0 Å². The Morgan fingerprint density at radius 1 is 0.220 bits per heavy atom. The zero-order chi connectivity index (χ0) is 39.1. The highest BCUT2D eigenvalue weighted by Gasteiger charge is 2.20. The van der Waals surface area contributed by atoms with Gasteiger partial charge >= 0.3 is 0 Å². The van der Waals surface area contributed by atoms with Crippen molar-refractivity contribution in [3.8, 4) is 44.5 Å². The smallest absolute Gasteiger partial charge is 0.0546 e. The van der Waals surface area contributed by atoms with Gasteiger partial charge in [-0.3, -0.25) is 0 Å². The largest absolute Gasteiger partial charge is 0.310 e. The number of rotatable bonds is 7. The van der Waals surface area contributed by atoms with Crippen LogP contribution in [-0.4, -0.2) is 0 Å². The van der Waals surface area contributed by atoms with E-state index in [0.29, 0.717) is 0 Å². The van der Waals surface area contributed by atoms with Crippen LogP contribution in [-0.2, 0) is 0 Å². The molecule has 11 rings (SSSR count). The van der Waals surface area contributed by atoms with E-state index in [2.05, 4.69) is 241 Å². The molecule has 0 fully saturated rings.